The molecule has 0 aromatic carbocycles. The van der Waals surface area contributed by atoms with E-state index in [1.54, 1.807) is 6.92 Å². The van der Waals surface area contributed by atoms with Gasteiger partial charge in [-0.1, -0.05) is 0 Å². The van der Waals surface area contributed by atoms with Crippen molar-refractivity contribution in [2.45, 2.75) is 31.0 Å². The molecule has 4 fully saturated rings. The van der Waals surface area contributed by atoms with E-state index in [1.165, 1.54) is 0 Å². The van der Waals surface area contributed by atoms with Gasteiger partial charge in [-0.25, -0.2) is 0 Å². The van der Waals surface area contributed by atoms with Gasteiger partial charge in [0.05, 0.1) is 18.6 Å². The Morgan fingerprint density at radius 2 is 2.36 bits per heavy atom. The quantitative estimate of drug-likeness (QED) is 0.595. The fraction of sp³-hybridized carbons (Fsp3) is 0.900. The zero-order valence-electron chi connectivity index (χ0n) is 8.12. The SMILES string of the molecule is C[C@@]12CC(=O)[C@H]3C[C@]1(O)[C@@]3(CO)CO2. The van der Waals surface area contributed by atoms with Crippen LogP contribution < -0.4 is 0 Å². The fourth-order valence-electron chi connectivity index (χ4n) is 3.58. The zero-order valence-corrected chi connectivity index (χ0v) is 8.12. The third-order valence-electron chi connectivity index (χ3n) is 4.70. The van der Waals surface area contributed by atoms with E-state index < -0.39 is 16.6 Å². The van der Waals surface area contributed by atoms with Crippen LogP contribution in [0.1, 0.15) is 19.8 Å². The van der Waals surface area contributed by atoms with Crippen LogP contribution >= 0.6 is 0 Å². The Morgan fingerprint density at radius 3 is 3.00 bits per heavy atom. The fourth-order valence-corrected chi connectivity index (χ4v) is 3.58. The second-order valence-corrected chi connectivity index (χ2v) is 5.09. The predicted octanol–water partition coefficient (Wildman–Crippen LogP) is -0.522. The van der Waals surface area contributed by atoms with Crippen molar-refractivity contribution >= 4 is 5.78 Å². The first kappa shape index (κ1) is 8.83. The monoisotopic (exact) mass is 198 g/mol. The summed E-state index contributed by atoms with van der Waals surface area (Å²) in [6.45, 7) is 1.93. The lowest BCUT2D eigenvalue weighted by Crippen LogP contribution is -2.76. The van der Waals surface area contributed by atoms with Gasteiger partial charge in [0.25, 0.3) is 0 Å². The minimum Gasteiger partial charge on any atom is -0.396 e. The molecular weight excluding hydrogens is 184 g/mol. The van der Waals surface area contributed by atoms with E-state index in [0.29, 0.717) is 13.0 Å². The maximum atomic E-state index is 11.7. The molecule has 0 unspecified atom stereocenters. The Balaban J connectivity index is 2.15. The van der Waals surface area contributed by atoms with Crippen molar-refractivity contribution < 1.29 is 19.7 Å². The van der Waals surface area contributed by atoms with Crippen LogP contribution in [-0.2, 0) is 9.53 Å². The standard InChI is InChI=1S/C10H14O4/c1-8-3-7(12)6-2-10(8,13)9(6,4-11)5-14-8/h6,11,13H,2-5H2,1H3/t6-,8-,9+,10-/m1/s1. The molecule has 1 heterocycles. The molecule has 0 amide bonds. The smallest absolute Gasteiger partial charge is 0.139 e. The van der Waals surface area contributed by atoms with Crippen molar-refractivity contribution in [3.8, 4) is 0 Å². The first-order valence-corrected chi connectivity index (χ1v) is 4.99. The highest BCUT2D eigenvalue weighted by atomic mass is 16.5. The molecule has 0 aromatic heterocycles. The number of hydrogen-bond acceptors (Lipinski definition) is 4. The molecule has 2 N–H and O–H groups in total. The Hall–Kier alpha value is -0.450. The third-order valence-corrected chi connectivity index (χ3v) is 4.70. The van der Waals surface area contributed by atoms with Gasteiger partial charge < -0.3 is 14.9 Å². The first-order chi connectivity index (χ1) is 6.49. The summed E-state index contributed by atoms with van der Waals surface area (Å²) in [6, 6.07) is 0. The van der Waals surface area contributed by atoms with Crippen LogP contribution in [0.3, 0.4) is 0 Å². The highest BCUT2D eigenvalue weighted by Crippen LogP contribution is 2.69. The van der Waals surface area contributed by atoms with Crippen LogP contribution in [-0.4, -0.2) is 40.4 Å². The Kier molecular flexibility index (Phi) is 1.29. The average molecular weight is 198 g/mol. The van der Waals surface area contributed by atoms with E-state index in [9.17, 15) is 15.0 Å². The van der Waals surface area contributed by atoms with Crippen LogP contribution in [0, 0.1) is 11.3 Å². The molecule has 4 heteroatoms. The Bertz CT molecular complexity index is 328. The van der Waals surface area contributed by atoms with E-state index in [0.717, 1.165) is 0 Å². The van der Waals surface area contributed by atoms with Crippen molar-refractivity contribution in [2.24, 2.45) is 11.3 Å². The minimum absolute atomic E-state index is 0.134. The van der Waals surface area contributed by atoms with Gasteiger partial charge in [-0.3, -0.25) is 4.79 Å². The maximum absolute atomic E-state index is 11.7. The largest absolute Gasteiger partial charge is 0.396 e. The van der Waals surface area contributed by atoms with Gasteiger partial charge in [0.15, 0.2) is 0 Å². The number of aliphatic hydroxyl groups excluding tert-OH is 1. The molecule has 4 nitrogen and oxygen atoms in total. The van der Waals surface area contributed by atoms with Crippen LogP contribution in [0.25, 0.3) is 0 Å². The zero-order chi connectivity index (χ0) is 10.2. The van der Waals surface area contributed by atoms with Crippen LogP contribution in [0.15, 0.2) is 0 Å². The lowest BCUT2D eigenvalue weighted by atomic mass is 9.41. The topological polar surface area (TPSA) is 66.8 Å². The van der Waals surface area contributed by atoms with Crippen molar-refractivity contribution in [3.05, 3.63) is 0 Å². The van der Waals surface area contributed by atoms with E-state index >= 15 is 0 Å². The Morgan fingerprint density at radius 1 is 1.64 bits per heavy atom. The predicted molar refractivity (Wildman–Crippen MR) is 46.6 cm³/mol. The number of ether oxygens (including phenoxy) is 1. The first-order valence-electron chi connectivity index (χ1n) is 4.99. The number of Topliss-reactive ketones (excluding diaryl/α,β-unsaturated/α-hetero) is 1. The molecule has 4 atom stereocenters. The molecule has 0 aromatic rings. The van der Waals surface area contributed by atoms with E-state index in [2.05, 4.69) is 0 Å². The highest BCUT2D eigenvalue weighted by molar-refractivity contribution is 5.88. The number of carbonyl (C=O) groups excluding carboxylic acids is 1. The maximum Gasteiger partial charge on any atom is 0.139 e. The molecule has 14 heavy (non-hydrogen) atoms. The van der Waals surface area contributed by atoms with E-state index in [4.69, 9.17) is 4.74 Å². The lowest BCUT2D eigenvalue weighted by Gasteiger charge is -2.63. The second-order valence-electron chi connectivity index (χ2n) is 5.09. The average Bonchev–Trinajstić information content (AvgIpc) is 2.23. The van der Waals surface area contributed by atoms with Gasteiger partial charge in [0.2, 0.25) is 0 Å². The van der Waals surface area contributed by atoms with Crippen molar-refractivity contribution in [2.75, 3.05) is 13.2 Å². The third kappa shape index (κ3) is 0.569. The molecule has 4 bridgehead atoms. The van der Waals surface area contributed by atoms with Gasteiger partial charge in [-0.2, -0.15) is 0 Å². The molecule has 1 aliphatic heterocycles. The van der Waals surface area contributed by atoms with Crippen molar-refractivity contribution in [1.82, 2.24) is 0 Å². The summed E-state index contributed by atoms with van der Waals surface area (Å²) in [5.41, 5.74) is -2.44. The summed E-state index contributed by atoms with van der Waals surface area (Å²) in [6.07, 6.45) is 0.749. The summed E-state index contributed by atoms with van der Waals surface area (Å²) in [5.74, 6) is -0.0527. The number of fused-ring (bicyclic) bond motifs is 1. The molecule has 3 aliphatic carbocycles. The van der Waals surface area contributed by atoms with Gasteiger partial charge in [-0.15, -0.1) is 0 Å². The number of carbonyl (C=O) groups is 1. The minimum atomic E-state index is -0.979. The number of hydrogen-bond donors (Lipinski definition) is 2. The van der Waals surface area contributed by atoms with Gasteiger partial charge >= 0.3 is 0 Å². The number of rotatable bonds is 1. The lowest BCUT2D eigenvalue weighted by molar-refractivity contribution is -0.252. The van der Waals surface area contributed by atoms with Gasteiger partial charge in [-0.05, 0) is 13.3 Å². The number of aliphatic hydroxyl groups is 2. The molecular formula is C10H14O4. The highest BCUT2D eigenvalue weighted by Gasteiger charge is 2.81. The molecule has 78 valence electrons. The molecule has 1 saturated heterocycles. The summed E-state index contributed by atoms with van der Waals surface area (Å²) in [4.78, 5) is 11.7. The second kappa shape index (κ2) is 2.05. The van der Waals surface area contributed by atoms with Crippen LogP contribution in [0.2, 0.25) is 0 Å². The molecule has 0 spiro atoms. The summed E-state index contributed by atoms with van der Waals surface area (Å²) >= 11 is 0. The van der Waals surface area contributed by atoms with Gasteiger partial charge in [0, 0.05) is 12.3 Å². The summed E-state index contributed by atoms with van der Waals surface area (Å²) < 4.78 is 5.56. The van der Waals surface area contributed by atoms with Gasteiger partial charge in [0.1, 0.15) is 17.0 Å². The molecule has 4 rings (SSSR count). The van der Waals surface area contributed by atoms with E-state index in [-0.39, 0.29) is 24.7 Å². The normalized spacial score (nSPS) is 59.9. The molecule has 3 saturated carbocycles. The Labute approximate surface area is 81.9 Å². The van der Waals surface area contributed by atoms with Crippen molar-refractivity contribution in [3.63, 3.8) is 0 Å². The summed E-state index contributed by atoms with van der Waals surface area (Å²) in [7, 11) is 0. The number of ketones is 1. The molecule has 0 radical (unpaired) electrons. The van der Waals surface area contributed by atoms with Crippen LogP contribution in [0.5, 0.6) is 0 Å². The van der Waals surface area contributed by atoms with Crippen LogP contribution in [0.4, 0.5) is 0 Å². The van der Waals surface area contributed by atoms with Crippen molar-refractivity contribution in [1.29, 1.82) is 0 Å². The van der Waals surface area contributed by atoms with E-state index in [1.807, 2.05) is 0 Å². The summed E-state index contributed by atoms with van der Waals surface area (Å²) in [5, 5.41) is 19.8. The molecule has 4 aliphatic rings.